The maximum Gasteiger partial charge on any atom is 0.268 e. The predicted octanol–water partition coefficient (Wildman–Crippen LogP) is 22.3. The van der Waals surface area contributed by atoms with Crippen molar-refractivity contribution in [3.05, 3.63) is 97.2 Å². The molecule has 488 valence electrons. The summed E-state index contributed by atoms with van der Waals surface area (Å²) >= 11 is 0. The molecule has 0 radical (unpaired) electrons. The van der Waals surface area contributed by atoms with Gasteiger partial charge in [-0.3, -0.25) is 9.36 Å². The summed E-state index contributed by atoms with van der Waals surface area (Å²) in [7, 11) is 1.25. The number of phosphoric ester groups is 1. The van der Waals surface area contributed by atoms with Crippen LogP contribution >= 0.6 is 7.82 Å². The molecule has 0 spiro atoms. The topological polar surface area (TPSA) is 108 Å². The summed E-state index contributed by atoms with van der Waals surface area (Å²) in [5.41, 5.74) is 0. The molecule has 0 fully saturated rings. The third-order valence-corrected chi connectivity index (χ3v) is 16.7. The number of carbonyl (C=O) groups excluding carboxylic acids is 1. The molecule has 3 unspecified atom stereocenters. The van der Waals surface area contributed by atoms with Crippen molar-refractivity contribution < 1.29 is 32.9 Å². The van der Waals surface area contributed by atoms with Crippen molar-refractivity contribution in [3.8, 4) is 0 Å². The zero-order valence-electron chi connectivity index (χ0n) is 55.8. The fourth-order valence-electron chi connectivity index (χ4n) is 10.3. The summed E-state index contributed by atoms with van der Waals surface area (Å²) in [5.74, 6) is -0.204. The smallest absolute Gasteiger partial charge is 0.268 e. The summed E-state index contributed by atoms with van der Waals surface area (Å²) in [6.45, 7) is 4.55. The van der Waals surface area contributed by atoms with Crippen LogP contribution in [-0.4, -0.2) is 68.5 Å². The van der Waals surface area contributed by atoms with Gasteiger partial charge in [0.15, 0.2) is 0 Å². The number of hydrogen-bond donors (Lipinski definition) is 2. The molecule has 8 nitrogen and oxygen atoms in total. The van der Waals surface area contributed by atoms with Gasteiger partial charge in [0.1, 0.15) is 13.2 Å². The lowest BCUT2D eigenvalue weighted by molar-refractivity contribution is -0.870. The lowest BCUT2D eigenvalue weighted by Crippen LogP contribution is -2.45. The van der Waals surface area contributed by atoms with Crippen LogP contribution < -0.4 is 10.2 Å². The van der Waals surface area contributed by atoms with Gasteiger partial charge in [-0.1, -0.05) is 329 Å². The van der Waals surface area contributed by atoms with Crippen molar-refractivity contribution in [2.24, 2.45) is 0 Å². The summed E-state index contributed by atoms with van der Waals surface area (Å²) in [4.78, 5) is 25.6. The van der Waals surface area contributed by atoms with E-state index in [0.29, 0.717) is 17.4 Å². The van der Waals surface area contributed by atoms with E-state index in [-0.39, 0.29) is 12.5 Å². The molecule has 0 aliphatic rings. The van der Waals surface area contributed by atoms with Crippen molar-refractivity contribution in [1.29, 1.82) is 0 Å². The Kier molecular flexibility index (Phi) is 62.9. The summed E-state index contributed by atoms with van der Waals surface area (Å²) in [6, 6.07) is -0.907. The van der Waals surface area contributed by atoms with E-state index in [0.717, 1.165) is 77.0 Å². The quantitative estimate of drug-likeness (QED) is 0.0272. The second-order valence-corrected chi connectivity index (χ2v) is 26.6. The van der Waals surface area contributed by atoms with Crippen LogP contribution in [0.15, 0.2) is 97.2 Å². The number of allylic oxidation sites excluding steroid dienone is 15. The average Bonchev–Trinajstić information content (AvgIpc) is 3.56. The van der Waals surface area contributed by atoms with Crippen LogP contribution in [0.4, 0.5) is 0 Å². The first-order chi connectivity index (χ1) is 41.0. The highest BCUT2D eigenvalue weighted by Crippen LogP contribution is 2.38. The minimum absolute atomic E-state index is 0.00756. The Morgan fingerprint density at radius 2 is 0.738 bits per heavy atom. The van der Waals surface area contributed by atoms with E-state index in [9.17, 15) is 19.4 Å². The van der Waals surface area contributed by atoms with Gasteiger partial charge in [-0.2, -0.15) is 0 Å². The lowest BCUT2D eigenvalue weighted by atomic mass is 10.0. The van der Waals surface area contributed by atoms with Crippen LogP contribution in [0.5, 0.6) is 0 Å². The lowest BCUT2D eigenvalue weighted by Gasteiger charge is -2.29. The van der Waals surface area contributed by atoms with Crippen molar-refractivity contribution in [3.63, 3.8) is 0 Å². The number of nitrogens with one attached hydrogen (secondary N) is 1. The predicted molar refractivity (Wildman–Crippen MR) is 366 cm³/mol. The van der Waals surface area contributed by atoms with Crippen LogP contribution in [0.2, 0.25) is 0 Å². The van der Waals surface area contributed by atoms with Crippen LogP contribution in [0.3, 0.4) is 0 Å². The Balaban J connectivity index is 4.03. The standard InChI is InChI=1S/C75H137N2O6P/c1-6-8-10-12-14-16-18-20-22-24-26-28-30-31-32-33-34-35-36-37-38-39-40-41-42-43-44-45-47-49-51-53-55-57-59-61-63-65-67-69-75(79)76-73(72-83-84(80,81)82-71-70-77(3,4)5)74(78)68-66-64-62-60-58-56-54-52-50-48-46-29-27-25-23-21-19-17-15-13-11-9-7-2/h8,10,14,16,20,22,26,28,31-32,34-35,58,60,66,68,73-74,78H,6-7,9,11-13,15,17-19,21,23-25,27,29-30,33,36-57,59,61-65,67,69-72H2,1-5H3,(H-,76,79,80,81)/b10-8-,16-14-,22-20-,28-26-,32-31-,35-34-,60-58+,68-66+. The number of quaternary nitrogens is 1. The number of carbonyl (C=O) groups is 1. The number of aliphatic hydroxyl groups is 1. The first-order valence-electron chi connectivity index (χ1n) is 35.6. The average molecular weight is 1190 g/mol. The summed E-state index contributed by atoms with van der Waals surface area (Å²) in [5, 5.41) is 13.9. The second kappa shape index (κ2) is 64.9. The van der Waals surface area contributed by atoms with Gasteiger partial charge >= 0.3 is 0 Å². The van der Waals surface area contributed by atoms with E-state index in [2.05, 4.69) is 104 Å². The Hall–Kier alpha value is -2.58. The summed E-state index contributed by atoms with van der Waals surface area (Å²) < 4.78 is 23.4. The number of amides is 1. The Morgan fingerprint density at radius 1 is 0.429 bits per heavy atom. The Morgan fingerprint density at radius 3 is 1.11 bits per heavy atom. The molecule has 9 heteroatoms. The molecular weight excluding hydrogens is 1060 g/mol. The van der Waals surface area contributed by atoms with Crippen molar-refractivity contribution in [2.45, 2.75) is 334 Å². The molecule has 0 saturated heterocycles. The molecule has 0 bridgehead atoms. The highest BCUT2D eigenvalue weighted by molar-refractivity contribution is 7.45. The van der Waals surface area contributed by atoms with Gasteiger partial charge in [-0.25, -0.2) is 0 Å². The largest absolute Gasteiger partial charge is 0.756 e. The van der Waals surface area contributed by atoms with Gasteiger partial charge in [0, 0.05) is 6.42 Å². The van der Waals surface area contributed by atoms with E-state index >= 15 is 0 Å². The van der Waals surface area contributed by atoms with E-state index in [1.165, 1.54) is 225 Å². The molecule has 0 aromatic heterocycles. The minimum atomic E-state index is -4.61. The van der Waals surface area contributed by atoms with Gasteiger partial charge in [0.2, 0.25) is 5.91 Å². The molecule has 0 aromatic rings. The molecule has 0 rings (SSSR count). The van der Waals surface area contributed by atoms with Crippen molar-refractivity contribution in [2.75, 3.05) is 40.9 Å². The van der Waals surface area contributed by atoms with E-state index < -0.39 is 26.6 Å². The molecular formula is C75H137N2O6P. The molecule has 0 aliphatic heterocycles. The maximum absolute atomic E-state index is 13.0. The number of unbranched alkanes of at least 4 members (excludes halogenated alkanes) is 38. The van der Waals surface area contributed by atoms with Crippen molar-refractivity contribution >= 4 is 13.7 Å². The number of hydrogen-bond acceptors (Lipinski definition) is 6. The molecule has 0 heterocycles. The fourth-order valence-corrected chi connectivity index (χ4v) is 11.0. The third kappa shape index (κ3) is 66.9. The molecule has 84 heavy (non-hydrogen) atoms. The molecule has 0 aromatic carbocycles. The second-order valence-electron chi connectivity index (χ2n) is 25.2. The molecule has 3 atom stereocenters. The number of nitrogens with zero attached hydrogens (tertiary/aromatic N) is 1. The molecule has 0 aliphatic carbocycles. The highest BCUT2D eigenvalue weighted by Gasteiger charge is 2.23. The fraction of sp³-hybridized carbons (Fsp3) is 0.773. The number of rotatable bonds is 65. The first-order valence-corrected chi connectivity index (χ1v) is 37.1. The summed E-state index contributed by atoms with van der Waals surface area (Å²) in [6.07, 6.45) is 94.0. The van der Waals surface area contributed by atoms with Gasteiger partial charge in [-0.15, -0.1) is 0 Å². The third-order valence-electron chi connectivity index (χ3n) is 15.8. The van der Waals surface area contributed by atoms with Crippen molar-refractivity contribution in [1.82, 2.24) is 5.32 Å². The van der Waals surface area contributed by atoms with Crippen LogP contribution in [0.1, 0.15) is 322 Å². The zero-order chi connectivity index (χ0) is 61.2. The molecule has 2 N–H and O–H groups in total. The number of aliphatic hydroxyl groups excluding tert-OH is 1. The Labute approximate surface area is 521 Å². The molecule has 1 amide bonds. The van der Waals surface area contributed by atoms with E-state index in [1.54, 1.807) is 6.08 Å². The van der Waals surface area contributed by atoms with Crippen LogP contribution in [-0.2, 0) is 18.4 Å². The van der Waals surface area contributed by atoms with E-state index in [1.807, 2.05) is 27.2 Å². The zero-order valence-corrected chi connectivity index (χ0v) is 56.7. The monoisotopic (exact) mass is 1190 g/mol. The van der Waals surface area contributed by atoms with Gasteiger partial charge < -0.3 is 28.8 Å². The van der Waals surface area contributed by atoms with Gasteiger partial charge in [-0.05, 0) is 83.5 Å². The maximum atomic E-state index is 13.0. The highest BCUT2D eigenvalue weighted by atomic mass is 31.2. The Bertz CT molecular complexity index is 1690. The normalized spacial score (nSPS) is 14.2. The number of likely N-dealkylation sites (N-methyl/N-ethyl adjacent to an activating group) is 1. The van der Waals surface area contributed by atoms with Crippen LogP contribution in [0.25, 0.3) is 0 Å². The van der Waals surface area contributed by atoms with Gasteiger partial charge in [0.05, 0.1) is 39.9 Å². The first kappa shape index (κ1) is 81.4. The number of phosphoric acid groups is 1. The van der Waals surface area contributed by atoms with Gasteiger partial charge in [0.25, 0.3) is 7.82 Å². The van der Waals surface area contributed by atoms with Crippen LogP contribution in [0, 0.1) is 0 Å². The minimum Gasteiger partial charge on any atom is -0.756 e. The SMILES string of the molecule is CC/C=C\C/C=C\C/C=C\C/C=C\C/C=C\C/C=C\CCCCCCCCCCCCCCCCCCCCCCC(=O)NC(COP(=O)([O-])OCC[N+](C)(C)C)C(O)/C=C/CC/C=C/CCCCCCCCCCCCCCCCCCC. The van der Waals surface area contributed by atoms with E-state index in [4.69, 9.17) is 9.05 Å². The molecule has 0 saturated carbocycles.